The van der Waals surface area contributed by atoms with Crippen LogP contribution in [0.5, 0.6) is 5.75 Å². The third-order valence-corrected chi connectivity index (χ3v) is 4.23. The van der Waals surface area contributed by atoms with Gasteiger partial charge in [0.1, 0.15) is 5.75 Å². The van der Waals surface area contributed by atoms with Gasteiger partial charge in [0.25, 0.3) is 0 Å². The van der Waals surface area contributed by atoms with E-state index < -0.39 is 0 Å². The summed E-state index contributed by atoms with van der Waals surface area (Å²) in [6, 6.07) is 25.3. The maximum atomic E-state index is 12.1. The molecule has 4 nitrogen and oxygen atoms in total. The Hall–Kier alpha value is -3.27. The molecule has 0 aromatic heterocycles. The lowest BCUT2D eigenvalue weighted by atomic mass is 10.1. The minimum Gasteiger partial charge on any atom is -0.493 e. The quantitative estimate of drug-likeness (QED) is 0.583. The van der Waals surface area contributed by atoms with Crippen LogP contribution >= 0.6 is 0 Å². The van der Waals surface area contributed by atoms with E-state index in [1.165, 1.54) is 5.56 Å². The normalized spacial score (nSPS) is 10.4. The average Bonchev–Trinajstić information content (AvgIpc) is 2.69. The lowest BCUT2D eigenvalue weighted by molar-refractivity contribution is -0.116. The van der Waals surface area contributed by atoms with E-state index >= 15 is 0 Å². The number of nitrogens with one attached hydrogen (secondary N) is 1. The molecule has 0 saturated heterocycles. The molecule has 0 spiro atoms. The molecule has 3 rings (SSSR count). The molecule has 1 amide bonds. The lowest BCUT2D eigenvalue weighted by Crippen LogP contribution is -2.12. The number of amides is 1. The summed E-state index contributed by atoms with van der Waals surface area (Å²) in [4.78, 5) is 12.1. The maximum Gasteiger partial charge on any atom is 0.224 e. The molecule has 0 atom stereocenters. The number of carbonyl (C=O) groups is 1. The predicted molar refractivity (Wildman–Crippen MR) is 110 cm³/mol. The Labute approximate surface area is 160 Å². The number of carbonyl (C=O) groups excluding carboxylic acids is 1. The van der Waals surface area contributed by atoms with Gasteiger partial charge in [-0.3, -0.25) is 4.79 Å². The van der Waals surface area contributed by atoms with Gasteiger partial charge in [0.2, 0.25) is 5.91 Å². The monoisotopic (exact) mass is 360 g/mol. The summed E-state index contributed by atoms with van der Waals surface area (Å²) in [5, 5.41) is 2.91. The van der Waals surface area contributed by atoms with Gasteiger partial charge in [-0.1, -0.05) is 42.5 Å². The summed E-state index contributed by atoms with van der Waals surface area (Å²) >= 11 is 0. The summed E-state index contributed by atoms with van der Waals surface area (Å²) in [7, 11) is 0. The zero-order chi connectivity index (χ0) is 18.9. The van der Waals surface area contributed by atoms with Gasteiger partial charge in [0, 0.05) is 24.2 Å². The molecule has 0 aliphatic rings. The summed E-state index contributed by atoms with van der Waals surface area (Å²) in [6.07, 6.45) is 1.94. The van der Waals surface area contributed by atoms with Crippen LogP contribution in [-0.2, 0) is 17.6 Å². The second kappa shape index (κ2) is 9.43. The fourth-order valence-corrected chi connectivity index (χ4v) is 2.80. The molecule has 3 aromatic carbocycles. The minimum atomic E-state index is -0.0184. The maximum absolute atomic E-state index is 12.1. The second-order valence-corrected chi connectivity index (χ2v) is 6.40. The zero-order valence-corrected chi connectivity index (χ0v) is 15.2. The van der Waals surface area contributed by atoms with E-state index in [0.717, 1.165) is 29.1 Å². The zero-order valence-electron chi connectivity index (χ0n) is 15.2. The molecule has 27 heavy (non-hydrogen) atoms. The fourth-order valence-electron chi connectivity index (χ4n) is 2.80. The van der Waals surface area contributed by atoms with Gasteiger partial charge >= 0.3 is 0 Å². The molecule has 0 heterocycles. The van der Waals surface area contributed by atoms with Gasteiger partial charge in [0.15, 0.2) is 0 Å². The highest BCUT2D eigenvalue weighted by Crippen LogP contribution is 2.17. The molecule has 138 valence electrons. The first-order chi connectivity index (χ1) is 13.2. The van der Waals surface area contributed by atoms with Crippen LogP contribution in [0.25, 0.3) is 0 Å². The van der Waals surface area contributed by atoms with Crippen LogP contribution in [0, 0.1) is 0 Å². The van der Waals surface area contributed by atoms with Crippen LogP contribution in [0.3, 0.4) is 0 Å². The van der Waals surface area contributed by atoms with Crippen molar-refractivity contribution < 1.29 is 9.53 Å². The highest BCUT2D eigenvalue weighted by Gasteiger charge is 2.04. The minimum absolute atomic E-state index is 0.0184. The number of hydrogen-bond acceptors (Lipinski definition) is 3. The number of rotatable bonds is 8. The SMILES string of the molecule is Nc1cccc(CCC(=O)Nc2ccc(OCCc3ccccc3)cc2)c1. The molecule has 3 N–H and O–H groups in total. The number of ether oxygens (including phenoxy) is 1. The van der Waals surface area contributed by atoms with Gasteiger partial charge in [-0.25, -0.2) is 0 Å². The molecule has 0 fully saturated rings. The topological polar surface area (TPSA) is 64.4 Å². The molecule has 0 unspecified atom stereocenters. The second-order valence-electron chi connectivity index (χ2n) is 6.40. The number of benzene rings is 3. The Morgan fingerprint density at radius 1 is 0.852 bits per heavy atom. The molecule has 0 bridgehead atoms. The molecular weight excluding hydrogens is 336 g/mol. The molecule has 0 saturated carbocycles. The van der Waals surface area contributed by atoms with Crippen LogP contribution in [0.2, 0.25) is 0 Å². The van der Waals surface area contributed by atoms with Crippen molar-refractivity contribution in [3.63, 3.8) is 0 Å². The van der Waals surface area contributed by atoms with Crippen LogP contribution < -0.4 is 15.8 Å². The van der Waals surface area contributed by atoms with E-state index in [2.05, 4.69) is 17.4 Å². The van der Waals surface area contributed by atoms with Gasteiger partial charge in [-0.15, -0.1) is 0 Å². The van der Waals surface area contributed by atoms with Gasteiger partial charge < -0.3 is 15.8 Å². The van der Waals surface area contributed by atoms with Crippen LogP contribution in [0.15, 0.2) is 78.9 Å². The van der Waals surface area contributed by atoms with Crippen LogP contribution in [-0.4, -0.2) is 12.5 Å². The number of hydrogen-bond donors (Lipinski definition) is 2. The summed E-state index contributed by atoms with van der Waals surface area (Å²) in [6.45, 7) is 0.621. The molecule has 0 radical (unpaired) electrons. The molecule has 0 aliphatic heterocycles. The molecular formula is C23H24N2O2. The van der Waals surface area contributed by atoms with Crippen molar-refractivity contribution in [1.82, 2.24) is 0 Å². The van der Waals surface area contributed by atoms with E-state index in [9.17, 15) is 4.79 Å². The van der Waals surface area contributed by atoms with E-state index in [4.69, 9.17) is 10.5 Å². The van der Waals surface area contributed by atoms with E-state index in [1.54, 1.807) is 0 Å². The van der Waals surface area contributed by atoms with Gasteiger partial charge in [-0.2, -0.15) is 0 Å². The summed E-state index contributed by atoms with van der Waals surface area (Å²) < 4.78 is 5.76. The standard InChI is InChI=1S/C23H24N2O2/c24-20-8-4-7-19(17-20)9-14-23(26)25-21-10-12-22(13-11-21)27-16-15-18-5-2-1-3-6-18/h1-8,10-13,17H,9,14-16,24H2,(H,25,26). The Morgan fingerprint density at radius 2 is 1.59 bits per heavy atom. The van der Waals surface area contributed by atoms with Crippen molar-refractivity contribution in [2.75, 3.05) is 17.7 Å². The number of aryl methyl sites for hydroxylation is 1. The van der Waals surface area contributed by atoms with E-state index in [-0.39, 0.29) is 5.91 Å². The van der Waals surface area contributed by atoms with E-state index in [1.807, 2.05) is 66.7 Å². The number of nitrogen functional groups attached to an aromatic ring is 1. The number of anilines is 2. The highest BCUT2D eigenvalue weighted by atomic mass is 16.5. The van der Waals surface area contributed by atoms with Gasteiger partial charge in [-0.05, 0) is 53.9 Å². The first kappa shape index (κ1) is 18.5. The van der Waals surface area contributed by atoms with Gasteiger partial charge in [0.05, 0.1) is 6.61 Å². The molecule has 4 heteroatoms. The van der Waals surface area contributed by atoms with Crippen LogP contribution in [0.4, 0.5) is 11.4 Å². The molecule has 0 aliphatic carbocycles. The predicted octanol–water partition coefficient (Wildman–Crippen LogP) is 4.46. The van der Waals surface area contributed by atoms with Crippen molar-refractivity contribution in [1.29, 1.82) is 0 Å². The van der Waals surface area contributed by atoms with Crippen molar-refractivity contribution >= 4 is 17.3 Å². The van der Waals surface area contributed by atoms with Crippen molar-refractivity contribution in [3.8, 4) is 5.75 Å². The Bertz CT molecular complexity index is 861. The lowest BCUT2D eigenvalue weighted by Gasteiger charge is -2.09. The Kier molecular flexibility index (Phi) is 6.47. The molecule has 3 aromatic rings. The largest absolute Gasteiger partial charge is 0.493 e. The van der Waals surface area contributed by atoms with Crippen molar-refractivity contribution in [2.45, 2.75) is 19.3 Å². The Morgan fingerprint density at radius 3 is 2.33 bits per heavy atom. The third-order valence-electron chi connectivity index (χ3n) is 4.23. The van der Waals surface area contributed by atoms with Crippen LogP contribution in [0.1, 0.15) is 17.5 Å². The Balaban J connectivity index is 1.42. The third kappa shape index (κ3) is 6.19. The van der Waals surface area contributed by atoms with E-state index in [0.29, 0.717) is 19.4 Å². The van der Waals surface area contributed by atoms with Crippen molar-refractivity contribution in [2.24, 2.45) is 0 Å². The summed E-state index contributed by atoms with van der Waals surface area (Å²) in [5.41, 5.74) is 9.56. The number of nitrogens with two attached hydrogens (primary N) is 1. The van der Waals surface area contributed by atoms with Crippen molar-refractivity contribution in [3.05, 3.63) is 90.0 Å². The highest BCUT2D eigenvalue weighted by molar-refractivity contribution is 5.90. The summed E-state index contributed by atoms with van der Waals surface area (Å²) in [5.74, 6) is 0.777. The first-order valence-electron chi connectivity index (χ1n) is 9.10. The average molecular weight is 360 g/mol. The fraction of sp³-hybridized carbons (Fsp3) is 0.174. The first-order valence-corrected chi connectivity index (χ1v) is 9.10. The smallest absolute Gasteiger partial charge is 0.224 e.